The normalized spacial score (nSPS) is 21.3. The lowest BCUT2D eigenvalue weighted by Crippen LogP contribution is -2.49. The average molecular weight is 370 g/mol. The van der Waals surface area contributed by atoms with Crippen molar-refractivity contribution in [1.82, 2.24) is 25.4 Å². The van der Waals surface area contributed by atoms with Crippen LogP contribution >= 0.6 is 0 Å². The number of hydrogen-bond donors (Lipinski definition) is 2. The maximum absolute atomic E-state index is 5.98. The summed E-state index contributed by atoms with van der Waals surface area (Å²) < 4.78 is 13.1. The molecule has 0 bridgehead atoms. The Hall–Kier alpha value is -2.61. The Kier molecular flexibility index (Phi) is 5.24. The molecular weight excluding hydrogens is 344 g/mol. The molecule has 1 aromatic carbocycles. The average Bonchev–Trinajstić information content (AvgIpc) is 3.27. The maximum atomic E-state index is 5.98. The van der Waals surface area contributed by atoms with Crippen molar-refractivity contribution in [3.63, 3.8) is 0 Å². The fourth-order valence-electron chi connectivity index (χ4n) is 3.63. The van der Waals surface area contributed by atoms with Crippen molar-refractivity contribution in [3.8, 4) is 5.75 Å². The smallest absolute Gasteiger partial charge is 0.191 e. The highest BCUT2D eigenvalue weighted by Gasteiger charge is 2.24. The number of rotatable bonds is 5. The number of para-hydroxylation sites is 1. The Bertz CT molecular complexity index is 793. The molecule has 0 radical (unpaired) electrons. The minimum absolute atomic E-state index is 0.130. The first-order valence-corrected chi connectivity index (χ1v) is 9.38. The van der Waals surface area contributed by atoms with Gasteiger partial charge in [-0.25, -0.2) is 9.67 Å². The molecule has 2 aliphatic rings. The first-order valence-electron chi connectivity index (χ1n) is 9.38. The van der Waals surface area contributed by atoms with Gasteiger partial charge in [-0.05, 0) is 18.1 Å². The van der Waals surface area contributed by atoms with E-state index in [1.54, 1.807) is 14.2 Å². The van der Waals surface area contributed by atoms with Gasteiger partial charge in [0.15, 0.2) is 11.8 Å². The molecule has 0 saturated carbocycles. The first-order chi connectivity index (χ1) is 13.2. The van der Waals surface area contributed by atoms with Crippen molar-refractivity contribution >= 4 is 5.96 Å². The lowest BCUT2D eigenvalue weighted by atomic mass is 10.1. The second kappa shape index (κ2) is 7.96. The van der Waals surface area contributed by atoms with Gasteiger partial charge < -0.3 is 20.1 Å². The highest BCUT2D eigenvalue weighted by molar-refractivity contribution is 5.80. The predicted molar refractivity (Wildman–Crippen MR) is 102 cm³/mol. The van der Waals surface area contributed by atoms with Crippen LogP contribution in [0.5, 0.6) is 5.75 Å². The van der Waals surface area contributed by atoms with Crippen molar-refractivity contribution in [1.29, 1.82) is 0 Å². The highest BCUT2D eigenvalue weighted by atomic mass is 16.5. The zero-order valence-corrected chi connectivity index (χ0v) is 15.8. The van der Waals surface area contributed by atoms with E-state index in [1.165, 1.54) is 5.56 Å². The zero-order valence-electron chi connectivity index (χ0n) is 15.8. The molecule has 2 aromatic rings. The molecule has 3 heterocycles. The first kappa shape index (κ1) is 17.8. The van der Waals surface area contributed by atoms with Crippen LogP contribution in [0.4, 0.5) is 0 Å². The second-order valence-electron chi connectivity index (χ2n) is 6.94. The van der Waals surface area contributed by atoms with E-state index in [1.807, 2.05) is 16.8 Å². The number of guanidine groups is 1. The molecule has 2 N–H and O–H groups in total. The van der Waals surface area contributed by atoms with Crippen LogP contribution in [0.1, 0.15) is 23.6 Å². The molecule has 0 saturated heterocycles. The van der Waals surface area contributed by atoms with E-state index in [-0.39, 0.29) is 12.1 Å². The van der Waals surface area contributed by atoms with Crippen molar-refractivity contribution in [2.24, 2.45) is 4.99 Å². The van der Waals surface area contributed by atoms with Crippen LogP contribution in [0.2, 0.25) is 0 Å². The van der Waals surface area contributed by atoms with E-state index in [0.29, 0.717) is 13.2 Å². The summed E-state index contributed by atoms with van der Waals surface area (Å²) in [5.74, 6) is 3.55. The minimum Gasteiger partial charge on any atom is -0.488 e. The molecule has 4 rings (SSSR count). The summed E-state index contributed by atoms with van der Waals surface area (Å²) in [6.45, 7) is 1.94. The summed E-state index contributed by atoms with van der Waals surface area (Å²) in [5.41, 5.74) is 1.27. The van der Waals surface area contributed by atoms with Gasteiger partial charge in [0.1, 0.15) is 24.3 Å². The number of aryl methyl sites for hydroxylation is 1. The van der Waals surface area contributed by atoms with Gasteiger partial charge in [-0.15, -0.1) is 0 Å². The summed E-state index contributed by atoms with van der Waals surface area (Å²) in [6.07, 6.45) is 2.95. The molecule has 144 valence electrons. The van der Waals surface area contributed by atoms with Gasteiger partial charge in [-0.2, -0.15) is 5.10 Å². The zero-order chi connectivity index (χ0) is 18.6. The number of fused-ring (bicyclic) bond motifs is 2. The molecule has 0 amide bonds. The molecule has 0 aliphatic carbocycles. The molecule has 2 aliphatic heterocycles. The van der Waals surface area contributed by atoms with E-state index in [0.717, 1.165) is 49.2 Å². The predicted octanol–water partition coefficient (Wildman–Crippen LogP) is 0.908. The number of aromatic nitrogens is 3. The molecule has 8 nitrogen and oxygen atoms in total. The minimum atomic E-state index is 0.130. The standard InChI is InChI=1S/C19H26N6O2/c1-20-19(21-10-15-9-13-5-3-4-6-16(13)27-15)22-14-7-8-18-23-17(12-26-2)24-25(18)11-14/h3-6,14-15H,7-12H2,1-2H3,(H2,20,21,22). The Morgan fingerprint density at radius 3 is 3.11 bits per heavy atom. The van der Waals surface area contributed by atoms with Crippen LogP contribution in [0.3, 0.4) is 0 Å². The molecular formula is C19H26N6O2. The lowest BCUT2D eigenvalue weighted by Gasteiger charge is -2.25. The molecule has 0 spiro atoms. The molecule has 0 fully saturated rings. The van der Waals surface area contributed by atoms with Gasteiger partial charge in [0, 0.05) is 33.0 Å². The highest BCUT2D eigenvalue weighted by Crippen LogP contribution is 2.27. The Labute approximate surface area is 159 Å². The number of ether oxygens (including phenoxy) is 2. The Morgan fingerprint density at radius 2 is 2.30 bits per heavy atom. The van der Waals surface area contributed by atoms with E-state index in [9.17, 15) is 0 Å². The summed E-state index contributed by atoms with van der Waals surface area (Å²) in [7, 11) is 3.45. The number of nitrogens with zero attached hydrogens (tertiary/aromatic N) is 4. The Morgan fingerprint density at radius 1 is 1.41 bits per heavy atom. The SMILES string of the molecule is CN=C(NCC1Cc2ccccc2O1)NC1CCc2nc(COC)nn2C1. The molecule has 2 atom stereocenters. The van der Waals surface area contributed by atoms with Gasteiger partial charge in [0.2, 0.25) is 0 Å². The quantitative estimate of drug-likeness (QED) is 0.601. The van der Waals surface area contributed by atoms with Crippen LogP contribution in [0, 0.1) is 0 Å². The largest absolute Gasteiger partial charge is 0.488 e. The maximum Gasteiger partial charge on any atom is 0.191 e. The molecule has 2 unspecified atom stereocenters. The van der Waals surface area contributed by atoms with Gasteiger partial charge in [-0.3, -0.25) is 4.99 Å². The van der Waals surface area contributed by atoms with Crippen LogP contribution in [0.25, 0.3) is 0 Å². The summed E-state index contributed by atoms with van der Waals surface area (Å²) >= 11 is 0. The number of nitrogens with one attached hydrogen (secondary N) is 2. The second-order valence-corrected chi connectivity index (χ2v) is 6.94. The topological polar surface area (TPSA) is 85.6 Å². The molecule has 1 aromatic heterocycles. The van der Waals surface area contributed by atoms with Crippen LogP contribution < -0.4 is 15.4 Å². The van der Waals surface area contributed by atoms with Crippen molar-refractivity contribution in [2.75, 3.05) is 20.7 Å². The van der Waals surface area contributed by atoms with Crippen molar-refractivity contribution in [2.45, 2.75) is 44.6 Å². The summed E-state index contributed by atoms with van der Waals surface area (Å²) in [5, 5.41) is 11.4. The fourth-order valence-corrected chi connectivity index (χ4v) is 3.63. The number of methoxy groups -OCH3 is 1. The Balaban J connectivity index is 1.28. The third kappa shape index (κ3) is 4.05. The number of aliphatic imine (C=N–C) groups is 1. The monoisotopic (exact) mass is 370 g/mol. The van der Waals surface area contributed by atoms with E-state index in [2.05, 4.69) is 37.8 Å². The third-order valence-electron chi connectivity index (χ3n) is 4.95. The van der Waals surface area contributed by atoms with E-state index in [4.69, 9.17) is 9.47 Å². The molecule has 27 heavy (non-hydrogen) atoms. The fraction of sp³-hybridized carbons (Fsp3) is 0.526. The van der Waals surface area contributed by atoms with Crippen LogP contribution in [0.15, 0.2) is 29.3 Å². The van der Waals surface area contributed by atoms with Crippen molar-refractivity contribution < 1.29 is 9.47 Å². The lowest BCUT2D eigenvalue weighted by molar-refractivity contribution is 0.177. The molecule has 8 heteroatoms. The van der Waals surface area contributed by atoms with Gasteiger partial charge >= 0.3 is 0 Å². The van der Waals surface area contributed by atoms with Gasteiger partial charge in [-0.1, -0.05) is 18.2 Å². The van der Waals surface area contributed by atoms with Crippen LogP contribution in [-0.4, -0.2) is 53.6 Å². The van der Waals surface area contributed by atoms with Gasteiger partial charge in [0.25, 0.3) is 0 Å². The summed E-state index contributed by atoms with van der Waals surface area (Å²) in [6, 6.07) is 8.48. The third-order valence-corrected chi connectivity index (χ3v) is 4.95. The van der Waals surface area contributed by atoms with Crippen molar-refractivity contribution in [3.05, 3.63) is 41.5 Å². The number of benzene rings is 1. The van der Waals surface area contributed by atoms with E-state index >= 15 is 0 Å². The number of hydrogen-bond acceptors (Lipinski definition) is 5. The summed E-state index contributed by atoms with van der Waals surface area (Å²) in [4.78, 5) is 8.88. The van der Waals surface area contributed by atoms with Crippen LogP contribution in [-0.2, 0) is 30.7 Å². The van der Waals surface area contributed by atoms with Gasteiger partial charge in [0.05, 0.1) is 13.1 Å². The van der Waals surface area contributed by atoms with E-state index < -0.39 is 0 Å².